The van der Waals surface area contributed by atoms with Crippen LogP contribution in [0, 0.1) is 5.82 Å². The van der Waals surface area contributed by atoms with Crippen LogP contribution in [0.4, 0.5) is 4.39 Å². The van der Waals surface area contributed by atoms with E-state index >= 15 is 0 Å². The summed E-state index contributed by atoms with van der Waals surface area (Å²) in [4.78, 5) is 15.8. The lowest BCUT2D eigenvalue weighted by molar-refractivity contribution is 0.238. The zero-order valence-corrected chi connectivity index (χ0v) is 16.7. The topological polar surface area (TPSA) is 38.1 Å². The van der Waals surface area contributed by atoms with Crippen LogP contribution in [-0.2, 0) is 13.2 Å². The van der Waals surface area contributed by atoms with Crippen molar-refractivity contribution in [3.8, 4) is 10.6 Å². The van der Waals surface area contributed by atoms with Gasteiger partial charge in [-0.3, -0.25) is 9.69 Å². The van der Waals surface area contributed by atoms with Crippen molar-refractivity contribution in [3.05, 3.63) is 86.7 Å². The maximum absolute atomic E-state index is 14.1. The molecule has 0 aliphatic heterocycles. The van der Waals surface area contributed by atoms with Gasteiger partial charge < -0.3 is 0 Å². The van der Waals surface area contributed by atoms with Crippen molar-refractivity contribution in [2.24, 2.45) is 0 Å². The minimum Gasteiger partial charge on any atom is -0.283 e. The summed E-state index contributed by atoms with van der Waals surface area (Å²) in [5, 5.41) is 8.40. The lowest BCUT2D eigenvalue weighted by Crippen LogP contribution is -2.32. The van der Waals surface area contributed by atoms with Crippen LogP contribution >= 0.6 is 22.9 Å². The highest BCUT2D eigenvalue weighted by atomic mass is 35.5. The molecule has 0 spiro atoms. The van der Waals surface area contributed by atoms with E-state index in [9.17, 15) is 9.18 Å². The molecule has 0 N–H and O–H groups in total. The average Bonchev–Trinajstić information content (AvgIpc) is 3.22. The van der Waals surface area contributed by atoms with Gasteiger partial charge in [-0.15, -0.1) is 11.3 Å². The summed E-state index contributed by atoms with van der Waals surface area (Å²) in [6.07, 6.45) is 0. The average molecular weight is 414 g/mol. The number of hydrogen-bond acceptors (Lipinski definition) is 4. The van der Waals surface area contributed by atoms with Gasteiger partial charge in [-0.25, -0.2) is 9.07 Å². The summed E-state index contributed by atoms with van der Waals surface area (Å²) in [5.74, 6) is -0.363. The largest absolute Gasteiger partial charge is 0.283 e. The first kappa shape index (κ1) is 18.8. The molecule has 2 heterocycles. The van der Waals surface area contributed by atoms with Crippen molar-refractivity contribution >= 4 is 33.7 Å². The predicted octanol–water partition coefficient (Wildman–Crippen LogP) is 5.01. The third kappa shape index (κ3) is 3.58. The molecule has 7 heteroatoms. The van der Waals surface area contributed by atoms with Crippen LogP contribution in [0.25, 0.3) is 21.3 Å². The van der Waals surface area contributed by atoms with Crippen molar-refractivity contribution in [1.29, 1.82) is 0 Å². The molecular formula is C21H17ClFN3OS. The van der Waals surface area contributed by atoms with Crippen molar-refractivity contribution < 1.29 is 4.39 Å². The molecule has 0 fully saturated rings. The maximum atomic E-state index is 14.1. The standard InChI is InChI=1S/C21H17ClFN3OS/c1-25(12-16-17(22)8-4-9-18(16)23)13-26-21(27)15-7-3-2-6-14(15)20(24-26)19-10-5-11-28-19/h2-11H,12-13H2,1H3. The Balaban J connectivity index is 1.73. The van der Waals surface area contributed by atoms with Gasteiger partial charge in [0, 0.05) is 22.5 Å². The highest BCUT2D eigenvalue weighted by Gasteiger charge is 2.15. The highest BCUT2D eigenvalue weighted by molar-refractivity contribution is 7.13. The predicted molar refractivity (Wildman–Crippen MR) is 112 cm³/mol. The van der Waals surface area contributed by atoms with Crippen LogP contribution in [0.1, 0.15) is 5.56 Å². The van der Waals surface area contributed by atoms with Crippen LogP contribution in [0.3, 0.4) is 0 Å². The van der Waals surface area contributed by atoms with Gasteiger partial charge in [-0.05, 0) is 36.7 Å². The molecule has 0 aliphatic rings. The molecule has 0 amide bonds. The number of benzene rings is 2. The molecule has 0 saturated heterocycles. The fraction of sp³-hybridized carbons (Fsp3) is 0.143. The molecule has 0 unspecified atom stereocenters. The quantitative estimate of drug-likeness (QED) is 0.461. The summed E-state index contributed by atoms with van der Waals surface area (Å²) in [6, 6.07) is 16.0. The van der Waals surface area contributed by atoms with Crippen molar-refractivity contribution in [1.82, 2.24) is 14.7 Å². The second kappa shape index (κ2) is 7.83. The van der Waals surface area contributed by atoms with E-state index in [1.54, 1.807) is 36.6 Å². The van der Waals surface area contributed by atoms with Crippen LogP contribution in [0.5, 0.6) is 0 Å². The molecular weight excluding hydrogens is 397 g/mol. The van der Waals surface area contributed by atoms with Crippen molar-refractivity contribution in [3.63, 3.8) is 0 Å². The number of halogens is 2. The molecule has 0 bridgehead atoms. The first-order valence-corrected chi connectivity index (χ1v) is 9.95. The zero-order valence-electron chi connectivity index (χ0n) is 15.1. The third-order valence-electron chi connectivity index (χ3n) is 4.49. The number of aromatic nitrogens is 2. The minimum atomic E-state index is -0.363. The molecule has 0 atom stereocenters. The Morgan fingerprint density at radius 3 is 2.61 bits per heavy atom. The number of hydrogen-bond donors (Lipinski definition) is 0. The molecule has 4 aromatic rings. The summed E-state index contributed by atoms with van der Waals surface area (Å²) in [5.41, 5.74) is 0.990. The monoisotopic (exact) mass is 413 g/mol. The van der Waals surface area contributed by atoms with E-state index in [1.165, 1.54) is 10.7 Å². The van der Waals surface area contributed by atoms with Gasteiger partial charge in [0.15, 0.2) is 0 Å². The smallest absolute Gasteiger partial charge is 0.275 e. The fourth-order valence-corrected chi connectivity index (χ4v) is 4.10. The van der Waals surface area contributed by atoms with E-state index in [0.29, 0.717) is 16.0 Å². The van der Waals surface area contributed by atoms with Crippen LogP contribution in [0.2, 0.25) is 5.02 Å². The Labute approximate surface area is 170 Å². The minimum absolute atomic E-state index is 0.178. The molecule has 2 aromatic heterocycles. The summed E-state index contributed by atoms with van der Waals surface area (Å²) < 4.78 is 15.5. The number of thiophene rings is 1. The van der Waals surface area contributed by atoms with Gasteiger partial charge in [-0.2, -0.15) is 5.10 Å². The lowest BCUT2D eigenvalue weighted by Gasteiger charge is -2.19. The van der Waals surface area contributed by atoms with E-state index in [0.717, 1.165) is 16.0 Å². The Kier molecular flexibility index (Phi) is 5.26. The Morgan fingerprint density at radius 1 is 1.11 bits per heavy atom. The van der Waals surface area contributed by atoms with Crippen LogP contribution in [-0.4, -0.2) is 21.7 Å². The second-order valence-corrected chi connectivity index (χ2v) is 7.89. The molecule has 0 aliphatic carbocycles. The fourth-order valence-electron chi connectivity index (χ4n) is 3.16. The highest BCUT2D eigenvalue weighted by Crippen LogP contribution is 2.28. The lowest BCUT2D eigenvalue weighted by atomic mass is 10.1. The summed E-state index contributed by atoms with van der Waals surface area (Å²) in [6.45, 7) is 0.480. The van der Waals surface area contributed by atoms with Crippen molar-refractivity contribution in [2.45, 2.75) is 13.2 Å². The maximum Gasteiger partial charge on any atom is 0.275 e. The molecule has 4 nitrogen and oxygen atoms in total. The molecule has 142 valence electrons. The molecule has 4 rings (SSSR count). The Hall–Kier alpha value is -2.54. The normalized spacial score (nSPS) is 11.4. The van der Waals surface area contributed by atoms with E-state index in [1.807, 2.05) is 40.6 Å². The Bertz CT molecular complexity index is 1170. The Morgan fingerprint density at radius 2 is 1.89 bits per heavy atom. The van der Waals surface area contributed by atoms with E-state index in [2.05, 4.69) is 5.10 Å². The first-order valence-electron chi connectivity index (χ1n) is 8.70. The van der Waals surface area contributed by atoms with E-state index in [4.69, 9.17) is 11.6 Å². The van der Waals surface area contributed by atoms with Gasteiger partial charge >= 0.3 is 0 Å². The molecule has 0 radical (unpaired) electrons. The third-order valence-corrected chi connectivity index (χ3v) is 5.72. The number of rotatable bonds is 5. The van der Waals surface area contributed by atoms with Gasteiger partial charge in [0.05, 0.1) is 16.9 Å². The van der Waals surface area contributed by atoms with Gasteiger partial charge in [-0.1, -0.05) is 41.9 Å². The SMILES string of the molecule is CN(Cc1c(F)cccc1Cl)Cn1nc(-c2cccs2)c2ccccc2c1=O. The zero-order chi connectivity index (χ0) is 19.7. The van der Waals surface area contributed by atoms with Crippen molar-refractivity contribution in [2.75, 3.05) is 7.05 Å². The second-order valence-electron chi connectivity index (χ2n) is 6.53. The van der Waals surface area contributed by atoms with Crippen LogP contribution < -0.4 is 5.56 Å². The van der Waals surface area contributed by atoms with Gasteiger partial charge in [0.2, 0.25) is 0 Å². The summed E-state index contributed by atoms with van der Waals surface area (Å²) >= 11 is 7.70. The first-order chi connectivity index (χ1) is 13.5. The van der Waals surface area contributed by atoms with Crippen LogP contribution in [0.15, 0.2) is 64.8 Å². The molecule has 28 heavy (non-hydrogen) atoms. The number of fused-ring (bicyclic) bond motifs is 1. The van der Waals surface area contributed by atoms with E-state index in [-0.39, 0.29) is 24.6 Å². The van der Waals surface area contributed by atoms with Gasteiger partial charge in [0.25, 0.3) is 5.56 Å². The van der Waals surface area contributed by atoms with E-state index < -0.39 is 0 Å². The summed E-state index contributed by atoms with van der Waals surface area (Å²) in [7, 11) is 1.80. The molecule has 2 aromatic carbocycles. The van der Waals surface area contributed by atoms with Gasteiger partial charge in [0.1, 0.15) is 11.5 Å². The number of nitrogens with zero attached hydrogens (tertiary/aromatic N) is 3. The molecule has 0 saturated carbocycles.